The molecule has 2 aromatic rings. The third-order valence-electron chi connectivity index (χ3n) is 6.60. The number of amides is 2. The molecule has 2 atom stereocenters. The van der Waals surface area contributed by atoms with Crippen LogP contribution in [0.4, 0.5) is 5.69 Å². The first-order chi connectivity index (χ1) is 16.3. The van der Waals surface area contributed by atoms with E-state index < -0.39 is 0 Å². The Balaban J connectivity index is 1.61. The molecular weight excluding hydrogens is 426 g/mol. The van der Waals surface area contributed by atoms with E-state index in [1.807, 2.05) is 35.2 Å². The molecular formula is C28H39N3O3. The van der Waals surface area contributed by atoms with E-state index in [1.54, 1.807) is 6.92 Å². The van der Waals surface area contributed by atoms with Crippen molar-refractivity contribution in [3.05, 3.63) is 60.2 Å². The van der Waals surface area contributed by atoms with E-state index >= 15 is 0 Å². The molecule has 0 spiro atoms. The summed E-state index contributed by atoms with van der Waals surface area (Å²) in [5, 5.41) is 0. The number of likely N-dealkylation sites (tertiary alicyclic amines) is 1. The van der Waals surface area contributed by atoms with Gasteiger partial charge in [-0.25, -0.2) is 0 Å². The van der Waals surface area contributed by atoms with Gasteiger partial charge in [-0.15, -0.1) is 0 Å². The van der Waals surface area contributed by atoms with Gasteiger partial charge >= 0.3 is 0 Å². The van der Waals surface area contributed by atoms with Crippen LogP contribution in [0, 0.1) is 11.8 Å². The third kappa shape index (κ3) is 7.51. The molecule has 0 aliphatic carbocycles. The topological polar surface area (TPSA) is 75.9 Å². The molecule has 0 aromatic heterocycles. The minimum Gasteiger partial charge on any atom is -0.489 e. The lowest BCUT2D eigenvalue weighted by Gasteiger charge is -2.32. The van der Waals surface area contributed by atoms with Crippen molar-refractivity contribution in [2.24, 2.45) is 17.6 Å². The molecule has 6 nitrogen and oxygen atoms in total. The highest BCUT2D eigenvalue weighted by molar-refractivity contribution is 5.79. The molecule has 1 aliphatic heterocycles. The van der Waals surface area contributed by atoms with Gasteiger partial charge in [0, 0.05) is 43.7 Å². The maximum atomic E-state index is 12.7. The number of carbonyl (C=O) groups excluding carboxylic acids is 2. The first-order valence-electron chi connectivity index (χ1n) is 12.4. The first-order valence-corrected chi connectivity index (χ1v) is 12.4. The van der Waals surface area contributed by atoms with Gasteiger partial charge in [0.1, 0.15) is 12.4 Å². The molecule has 0 radical (unpaired) electrons. The van der Waals surface area contributed by atoms with Gasteiger partial charge in [0.2, 0.25) is 11.8 Å². The normalized spacial score (nSPS) is 16.5. The monoisotopic (exact) mass is 465 g/mol. The number of primary amides is 1. The Hall–Kier alpha value is -3.02. The van der Waals surface area contributed by atoms with Crippen molar-refractivity contribution in [3.63, 3.8) is 0 Å². The quantitative estimate of drug-likeness (QED) is 0.496. The van der Waals surface area contributed by atoms with Gasteiger partial charge in [-0.2, -0.15) is 0 Å². The number of ether oxygens (including phenoxy) is 1. The fourth-order valence-electron chi connectivity index (χ4n) is 4.26. The van der Waals surface area contributed by atoms with E-state index in [-0.39, 0.29) is 23.8 Å². The number of hydrogen-bond acceptors (Lipinski definition) is 4. The highest BCUT2D eigenvalue weighted by Crippen LogP contribution is 2.27. The van der Waals surface area contributed by atoms with Crippen LogP contribution in [-0.2, 0) is 16.2 Å². The van der Waals surface area contributed by atoms with E-state index in [1.165, 1.54) is 0 Å². The zero-order valence-corrected chi connectivity index (χ0v) is 20.8. The highest BCUT2D eigenvalue weighted by atomic mass is 16.5. The van der Waals surface area contributed by atoms with Crippen molar-refractivity contribution in [1.29, 1.82) is 0 Å². The van der Waals surface area contributed by atoms with Gasteiger partial charge in [0.15, 0.2) is 0 Å². The molecule has 0 saturated carbocycles. The van der Waals surface area contributed by atoms with E-state index in [2.05, 4.69) is 43.0 Å². The minimum atomic E-state index is -0.344. The summed E-state index contributed by atoms with van der Waals surface area (Å²) < 4.78 is 5.96. The number of rotatable bonds is 12. The summed E-state index contributed by atoms with van der Waals surface area (Å²) in [6.07, 6.45) is 2.92. The predicted molar refractivity (Wildman–Crippen MR) is 137 cm³/mol. The lowest BCUT2D eigenvalue weighted by atomic mass is 10.0. The molecule has 6 heteroatoms. The van der Waals surface area contributed by atoms with Gasteiger partial charge in [-0.1, -0.05) is 51.1 Å². The van der Waals surface area contributed by atoms with Crippen LogP contribution in [0.1, 0.15) is 52.0 Å². The fourth-order valence-corrected chi connectivity index (χ4v) is 4.26. The number of nitrogens with zero attached hydrogens (tertiary/aromatic N) is 2. The van der Waals surface area contributed by atoms with Crippen LogP contribution in [0.25, 0.3) is 0 Å². The van der Waals surface area contributed by atoms with E-state index in [9.17, 15) is 9.59 Å². The SMILES string of the molecule is CC(C)CCN(c1ccc(OCc2ccccc2)cc1)C1CCN(C(=O)CCC(C)C(N)=O)C1. The summed E-state index contributed by atoms with van der Waals surface area (Å²) in [5.41, 5.74) is 7.65. The fraction of sp³-hybridized carbons (Fsp3) is 0.500. The Bertz CT molecular complexity index is 914. The summed E-state index contributed by atoms with van der Waals surface area (Å²) in [6, 6.07) is 18.8. The molecule has 3 rings (SSSR count). The largest absolute Gasteiger partial charge is 0.489 e. The zero-order valence-electron chi connectivity index (χ0n) is 20.8. The maximum absolute atomic E-state index is 12.7. The second kappa shape index (κ2) is 12.4. The summed E-state index contributed by atoms with van der Waals surface area (Å²) in [4.78, 5) is 28.4. The summed E-state index contributed by atoms with van der Waals surface area (Å²) >= 11 is 0. The number of anilines is 1. The average molecular weight is 466 g/mol. The zero-order chi connectivity index (χ0) is 24.5. The molecule has 1 heterocycles. The Kier molecular flexibility index (Phi) is 9.37. The van der Waals surface area contributed by atoms with E-state index in [0.717, 1.165) is 42.9 Å². The van der Waals surface area contributed by atoms with Crippen LogP contribution in [0.5, 0.6) is 5.75 Å². The van der Waals surface area contributed by atoms with Crippen LogP contribution in [0.3, 0.4) is 0 Å². The van der Waals surface area contributed by atoms with Crippen molar-refractivity contribution in [3.8, 4) is 5.75 Å². The first kappa shape index (κ1) is 25.6. The summed E-state index contributed by atoms with van der Waals surface area (Å²) in [6.45, 7) is 9.23. The van der Waals surface area contributed by atoms with Crippen LogP contribution >= 0.6 is 0 Å². The highest BCUT2D eigenvalue weighted by Gasteiger charge is 2.30. The van der Waals surface area contributed by atoms with Crippen molar-refractivity contribution in [1.82, 2.24) is 4.90 Å². The Labute approximate surface area is 204 Å². The van der Waals surface area contributed by atoms with Gasteiger partial charge in [-0.3, -0.25) is 9.59 Å². The van der Waals surface area contributed by atoms with Crippen LogP contribution in [0.15, 0.2) is 54.6 Å². The molecule has 2 aromatic carbocycles. The summed E-state index contributed by atoms with van der Waals surface area (Å²) in [7, 11) is 0. The second-order valence-electron chi connectivity index (χ2n) is 9.77. The van der Waals surface area contributed by atoms with Crippen molar-refractivity contribution in [2.75, 3.05) is 24.5 Å². The molecule has 1 saturated heterocycles. The van der Waals surface area contributed by atoms with Crippen LogP contribution in [-0.4, -0.2) is 42.4 Å². The lowest BCUT2D eigenvalue weighted by Crippen LogP contribution is -2.40. The van der Waals surface area contributed by atoms with Crippen molar-refractivity contribution >= 4 is 17.5 Å². The molecule has 34 heavy (non-hydrogen) atoms. The van der Waals surface area contributed by atoms with Crippen molar-refractivity contribution < 1.29 is 14.3 Å². The van der Waals surface area contributed by atoms with Gasteiger partial charge in [-0.05, 0) is 55.0 Å². The molecule has 184 valence electrons. The average Bonchev–Trinajstić information content (AvgIpc) is 3.32. The number of nitrogens with two attached hydrogens (primary N) is 1. The number of benzene rings is 2. The van der Waals surface area contributed by atoms with Crippen molar-refractivity contribution in [2.45, 2.75) is 59.1 Å². The van der Waals surface area contributed by atoms with E-state index in [4.69, 9.17) is 10.5 Å². The minimum absolute atomic E-state index is 0.115. The van der Waals surface area contributed by atoms with Crippen LogP contribution in [0.2, 0.25) is 0 Å². The molecule has 1 aliphatic rings. The standard InChI is InChI=1S/C28H39N3O3/c1-21(2)15-18-31(25-16-17-30(19-25)27(32)14-9-22(3)28(29)33)24-10-12-26(13-11-24)34-20-23-7-5-4-6-8-23/h4-8,10-13,21-22,25H,9,14-20H2,1-3H3,(H2,29,33). The Morgan fingerprint density at radius 3 is 2.41 bits per heavy atom. The Morgan fingerprint density at radius 1 is 1.06 bits per heavy atom. The smallest absolute Gasteiger partial charge is 0.222 e. The maximum Gasteiger partial charge on any atom is 0.222 e. The van der Waals surface area contributed by atoms with Gasteiger partial charge < -0.3 is 20.3 Å². The Morgan fingerprint density at radius 2 is 1.76 bits per heavy atom. The third-order valence-corrected chi connectivity index (χ3v) is 6.60. The summed E-state index contributed by atoms with van der Waals surface area (Å²) in [5.74, 6) is 0.952. The molecule has 0 bridgehead atoms. The number of carbonyl (C=O) groups is 2. The van der Waals surface area contributed by atoms with Crippen LogP contribution < -0.4 is 15.4 Å². The molecule has 1 fully saturated rings. The molecule has 2 amide bonds. The predicted octanol–water partition coefficient (Wildman–Crippen LogP) is 4.62. The molecule has 2 unspecified atom stereocenters. The van der Waals surface area contributed by atoms with Gasteiger partial charge in [0.05, 0.1) is 0 Å². The lowest BCUT2D eigenvalue weighted by molar-refractivity contribution is -0.130. The second-order valence-corrected chi connectivity index (χ2v) is 9.77. The number of hydrogen-bond donors (Lipinski definition) is 1. The molecule has 2 N–H and O–H groups in total. The van der Waals surface area contributed by atoms with E-state index in [0.29, 0.717) is 31.9 Å². The van der Waals surface area contributed by atoms with Gasteiger partial charge in [0.25, 0.3) is 0 Å².